The number of hydrogen-bond donors (Lipinski definition) is 2. The van der Waals surface area contributed by atoms with Gasteiger partial charge >= 0.3 is 6.03 Å². The summed E-state index contributed by atoms with van der Waals surface area (Å²) >= 11 is 0. The number of rotatable bonds is 3. The topological polar surface area (TPSA) is 98.8 Å². The van der Waals surface area contributed by atoms with Gasteiger partial charge in [0.05, 0.1) is 17.4 Å². The molecule has 2 rings (SSSR count). The minimum Gasteiger partial charge on any atom is -0.336 e. The van der Waals surface area contributed by atoms with Crippen LogP contribution in [0.2, 0.25) is 0 Å². The number of carbonyl (C=O) groups excluding carboxylic acids is 2. The second-order valence-corrected chi connectivity index (χ2v) is 7.71. The highest BCUT2D eigenvalue weighted by atomic mass is 32.2. The third-order valence-corrected chi connectivity index (χ3v) is 5.88. The average molecular weight is 330 g/mol. The highest BCUT2D eigenvalue weighted by Crippen LogP contribution is 2.17. The fourth-order valence-corrected chi connectivity index (χ4v) is 3.82. The summed E-state index contributed by atoms with van der Waals surface area (Å²) < 4.78 is 25.1. The van der Waals surface area contributed by atoms with E-state index in [2.05, 4.69) is 10.6 Å². The molecule has 0 aromatic carbocycles. The van der Waals surface area contributed by atoms with Gasteiger partial charge in [0, 0.05) is 31.9 Å². The Bertz CT molecular complexity index is 606. The highest BCUT2D eigenvalue weighted by Gasteiger charge is 2.33. The van der Waals surface area contributed by atoms with Gasteiger partial charge in [0.2, 0.25) is 10.0 Å². The number of nitrogens with one attached hydrogen (secondary N) is 2. The molecular weight excluding hydrogens is 308 g/mol. The molecular formula is C13H22N4O4S. The Morgan fingerprint density at radius 1 is 1.27 bits per heavy atom. The second-order valence-electron chi connectivity index (χ2n) is 5.45. The highest BCUT2D eigenvalue weighted by molar-refractivity contribution is 7.89. The molecule has 3 amide bonds. The van der Waals surface area contributed by atoms with Gasteiger partial charge in [-0.2, -0.15) is 4.31 Å². The van der Waals surface area contributed by atoms with Crippen molar-refractivity contribution in [3.63, 3.8) is 0 Å². The van der Waals surface area contributed by atoms with Crippen molar-refractivity contribution in [1.29, 1.82) is 0 Å². The van der Waals surface area contributed by atoms with Crippen LogP contribution in [0.3, 0.4) is 0 Å². The van der Waals surface area contributed by atoms with E-state index in [1.54, 1.807) is 25.7 Å². The maximum Gasteiger partial charge on any atom is 0.319 e. The van der Waals surface area contributed by atoms with Crippen LogP contribution in [-0.4, -0.2) is 67.5 Å². The minimum absolute atomic E-state index is 0.0677. The molecule has 0 spiro atoms. The summed E-state index contributed by atoms with van der Waals surface area (Å²) in [6.07, 6.45) is 0. The Hall–Kier alpha value is -1.61. The van der Waals surface area contributed by atoms with E-state index in [1.165, 1.54) is 4.31 Å². The summed E-state index contributed by atoms with van der Waals surface area (Å²) in [7, 11) is -3.21. The van der Waals surface area contributed by atoms with E-state index < -0.39 is 10.0 Å². The van der Waals surface area contributed by atoms with Crippen LogP contribution >= 0.6 is 0 Å². The van der Waals surface area contributed by atoms with Gasteiger partial charge in [-0.3, -0.25) is 4.79 Å². The standard InChI is InChI=1S/C13H22N4O4S/c1-4-22(20,21)17-7-5-16(6-8-17)12(18)11-9(2)14-13(19)15-10(11)3/h9H,4-8H2,1-3H3,(H2,14,15,19)/t9-/m0/s1. The van der Waals surface area contributed by atoms with E-state index >= 15 is 0 Å². The molecule has 9 heteroatoms. The first-order valence-corrected chi connectivity index (χ1v) is 8.92. The van der Waals surface area contributed by atoms with Crippen LogP contribution in [0.4, 0.5) is 4.79 Å². The molecule has 8 nitrogen and oxygen atoms in total. The molecule has 0 aromatic rings. The third kappa shape index (κ3) is 3.25. The minimum atomic E-state index is -3.21. The summed E-state index contributed by atoms with van der Waals surface area (Å²) in [6.45, 7) is 6.39. The molecule has 2 aliphatic rings. The fourth-order valence-electron chi connectivity index (χ4n) is 2.74. The van der Waals surface area contributed by atoms with E-state index in [-0.39, 0.29) is 23.7 Å². The van der Waals surface area contributed by atoms with Gasteiger partial charge < -0.3 is 15.5 Å². The van der Waals surface area contributed by atoms with Crippen LogP contribution in [0.1, 0.15) is 20.8 Å². The summed E-state index contributed by atoms with van der Waals surface area (Å²) in [5.74, 6) is -0.0934. The van der Waals surface area contributed by atoms with Crippen molar-refractivity contribution >= 4 is 22.0 Å². The summed E-state index contributed by atoms with van der Waals surface area (Å²) in [6, 6.07) is -0.681. The molecule has 0 bridgehead atoms. The molecule has 1 saturated heterocycles. The number of urea groups is 1. The Morgan fingerprint density at radius 3 is 2.36 bits per heavy atom. The molecule has 22 heavy (non-hydrogen) atoms. The van der Waals surface area contributed by atoms with E-state index in [0.717, 1.165) is 0 Å². The summed E-state index contributed by atoms with van der Waals surface area (Å²) in [4.78, 5) is 25.6. The zero-order valence-electron chi connectivity index (χ0n) is 13.0. The Labute approximate surface area is 130 Å². The first kappa shape index (κ1) is 16.8. The fraction of sp³-hybridized carbons (Fsp3) is 0.692. The largest absolute Gasteiger partial charge is 0.336 e. The lowest BCUT2D eigenvalue weighted by Gasteiger charge is -2.36. The number of allylic oxidation sites excluding steroid dienone is 1. The molecule has 1 fully saturated rings. The van der Waals surface area contributed by atoms with Crippen molar-refractivity contribution in [3.05, 3.63) is 11.3 Å². The lowest BCUT2D eigenvalue weighted by Crippen LogP contribution is -2.55. The van der Waals surface area contributed by atoms with Crippen molar-refractivity contribution in [2.75, 3.05) is 31.9 Å². The Balaban J connectivity index is 2.07. The van der Waals surface area contributed by atoms with Gasteiger partial charge in [0.15, 0.2) is 0 Å². The van der Waals surface area contributed by atoms with Gasteiger partial charge in [-0.1, -0.05) is 0 Å². The molecule has 0 unspecified atom stereocenters. The molecule has 2 N–H and O–H groups in total. The van der Waals surface area contributed by atoms with Crippen molar-refractivity contribution in [3.8, 4) is 0 Å². The molecule has 0 aromatic heterocycles. The lowest BCUT2D eigenvalue weighted by atomic mass is 10.0. The van der Waals surface area contributed by atoms with E-state index in [4.69, 9.17) is 0 Å². The molecule has 124 valence electrons. The van der Waals surface area contributed by atoms with Crippen molar-refractivity contribution in [1.82, 2.24) is 19.8 Å². The number of hydrogen-bond acceptors (Lipinski definition) is 4. The maximum atomic E-state index is 12.6. The van der Waals surface area contributed by atoms with E-state index in [0.29, 0.717) is 37.4 Å². The number of carbonyl (C=O) groups is 2. The van der Waals surface area contributed by atoms with Gasteiger partial charge in [-0.15, -0.1) is 0 Å². The first-order valence-electron chi connectivity index (χ1n) is 7.31. The van der Waals surface area contributed by atoms with Gasteiger partial charge in [-0.05, 0) is 20.8 Å². The van der Waals surface area contributed by atoms with Gasteiger partial charge in [-0.25, -0.2) is 13.2 Å². The molecule has 2 heterocycles. The quantitative estimate of drug-likeness (QED) is 0.726. The van der Waals surface area contributed by atoms with Crippen LogP contribution in [0.15, 0.2) is 11.3 Å². The number of nitrogens with zero attached hydrogens (tertiary/aromatic N) is 2. The number of piperazine rings is 1. The first-order chi connectivity index (χ1) is 10.3. The van der Waals surface area contributed by atoms with Crippen LogP contribution in [-0.2, 0) is 14.8 Å². The summed E-state index contributed by atoms with van der Waals surface area (Å²) in [5, 5.41) is 5.26. The predicted molar refractivity (Wildman–Crippen MR) is 81.4 cm³/mol. The maximum absolute atomic E-state index is 12.6. The monoisotopic (exact) mass is 330 g/mol. The van der Waals surface area contributed by atoms with Gasteiger partial charge in [0.25, 0.3) is 5.91 Å². The zero-order valence-corrected chi connectivity index (χ0v) is 13.9. The van der Waals surface area contributed by atoms with Crippen LogP contribution in [0.25, 0.3) is 0 Å². The van der Waals surface area contributed by atoms with Gasteiger partial charge in [0.1, 0.15) is 0 Å². The summed E-state index contributed by atoms with van der Waals surface area (Å²) in [5.41, 5.74) is 1.07. The van der Waals surface area contributed by atoms with E-state index in [9.17, 15) is 18.0 Å². The molecule has 0 radical (unpaired) electrons. The Kier molecular flexibility index (Phi) is 4.76. The molecule has 2 aliphatic heterocycles. The molecule has 0 aliphatic carbocycles. The van der Waals surface area contributed by atoms with Crippen LogP contribution in [0.5, 0.6) is 0 Å². The normalized spacial score (nSPS) is 24.0. The Morgan fingerprint density at radius 2 is 1.86 bits per heavy atom. The zero-order chi connectivity index (χ0) is 16.5. The van der Waals surface area contributed by atoms with E-state index in [1.807, 2.05) is 0 Å². The van der Waals surface area contributed by atoms with Crippen LogP contribution < -0.4 is 10.6 Å². The third-order valence-electron chi connectivity index (χ3n) is 4.00. The second kappa shape index (κ2) is 6.25. The number of amides is 3. The van der Waals surface area contributed by atoms with Crippen molar-refractivity contribution in [2.45, 2.75) is 26.8 Å². The average Bonchev–Trinajstić information content (AvgIpc) is 2.46. The SMILES string of the molecule is CCS(=O)(=O)N1CCN(C(=O)C2=C(C)NC(=O)N[C@H]2C)CC1. The number of sulfonamides is 1. The van der Waals surface area contributed by atoms with Crippen LogP contribution in [0, 0.1) is 0 Å². The van der Waals surface area contributed by atoms with Crippen molar-refractivity contribution < 1.29 is 18.0 Å². The molecule has 0 saturated carbocycles. The predicted octanol–water partition coefficient (Wildman–Crippen LogP) is -0.544. The van der Waals surface area contributed by atoms with Crippen molar-refractivity contribution in [2.24, 2.45) is 0 Å². The molecule has 1 atom stereocenters. The smallest absolute Gasteiger partial charge is 0.319 e. The lowest BCUT2D eigenvalue weighted by molar-refractivity contribution is -0.128.